The van der Waals surface area contributed by atoms with Crippen LogP contribution >= 0.6 is 0 Å². The molecule has 4 heterocycles. The van der Waals surface area contributed by atoms with E-state index in [1.54, 1.807) is 12.4 Å². The van der Waals surface area contributed by atoms with Crippen LogP contribution in [-0.4, -0.2) is 37.1 Å². The topological polar surface area (TPSA) is 119 Å². The summed E-state index contributed by atoms with van der Waals surface area (Å²) in [6.45, 7) is 6.57. The molecule has 0 aliphatic carbocycles. The van der Waals surface area contributed by atoms with Gasteiger partial charge in [0.15, 0.2) is 0 Å². The minimum Gasteiger partial charge on any atom is -0.382 e. The Hall–Kier alpha value is -4.44. The van der Waals surface area contributed by atoms with Gasteiger partial charge in [-0.3, -0.25) is 43.2 Å². The van der Waals surface area contributed by atoms with Gasteiger partial charge in [-0.15, -0.1) is 0 Å². The van der Waals surface area contributed by atoms with Crippen LogP contribution in [0.25, 0.3) is 21.5 Å². The third-order valence-corrected chi connectivity index (χ3v) is 7.62. The van der Waals surface area contributed by atoms with E-state index < -0.39 is 22.2 Å². The Morgan fingerprint density at radius 2 is 1.21 bits per heavy atom. The summed E-state index contributed by atoms with van der Waals surface area (Å²) >= 11 is 0. The first-order valence-corrected chi connectivity index (χ1v) is 14.6. The second kappa shape index (κ2) is 13.0. The van der Waals surface area contributed by atoms with Crippen LogP contribution in [-0.2, 0) is 26.2 Å². The van der Waals surface area contributed by atoms with Gasteiger partial charge in [-0.2, -0.15) is 0 Å². The molecule has 0 saturated heterocycles. The van der Waals surface area contributed by atoms with Crippen molar-refractivity contribution in [2.75, 3.05) is 18.4 Å². The molecule has 1 N–H and O–H groups in total. The van der Waals surface area contributed by atoms with E-state index in [1.165, 1.54) is 15.2 Å². The van der Waals surface area contributed by atoms with E-state index in [9.17, 15) is 19.2 Å². The fourth-order valence-electron chi connectivity index (χ4n) is 5.42. The second-order valence-corrected chi connectivity index (χ2v) is 10.6. The zero-order valence-electron chi connectivity index (χ0n) is 24.1. The van der Waals surface area contributed by atoms with Gasteiger partial charge in [0.05, 0.1) is 38.6 Å². The molecule has 0 spiro atoms. The number of benzene rings is 1. The van der Waals surface area contributed by atoms with Crippen molar-refractivity contribution in [2.45, 2.75) is 65.7 Å². The van der Waals surface area contributed by atoms with Gasteiger partial charge in [0.2, 0.25) is 0 Å². The molecular formula is C32H36N6O4. The maximum Gasteiger partial charge on any atom is 0.263 e. The lowest BCUT2D eigenvalue weighted by Gasteiger charge is -2.22. The van der Waals surface area contributed by atoms with Gasteiger partial charge in [0.1, 0.15) is 0 Å². The summed E-state index contributed by atoms with van der Waals surface area (Å²) in [7, 11) is 0. The Morgan fingerprint density at radius 1 is 0.714 bits per heavy atom. The standard InChI is InChI=1S/C32H36N6O4/c1-3-5-16-37-29(39)24-19-25-27(32(42)38(30(25)40)17-6-4-2)28(26(24)31(37)41)35-15-18-36(20-22-11-7-9-13-33-22)21-23-12-8-10-14-34-23/h7-14,19,35H,3-6,15-18,20-21H2,1-2H3. The van der Waals surface area contributed by atoms with Crippen LogP contribution < -0.4 is 27.6 Å². The molecule has 10 heteroatoms. The van der Waals surface area contributed by atoms with Gasteiger partial charge in [0.25, 0.3) is 22.2 Å². The number of nitrogens with one attached hydrogen (secondary N) is 1. The molecule has 0 fully saturated rings. The number of nitrogens with zero attached hydrogens (tertiary/aromatic N) is 5. The maximum atomic E-state index is 13.6. The molecule has 1 aromatic carbocycles. The van der Waals surface area contributed by atoms with E-state index in [2.05, 4.69) is 20.2 Å². The van der Waals surface area contributed by atoms with Crippen LogP contribution in [0.5, 0.6) is 0 Å². The maximum absolute atomic E-state index is 13.6. The molecule has 218 valence electrons. The highest BCUT2D eigenvalue weighted by Gasteiger charge is 2.24. The van der Waals surface area contributed by atoms with E-state index in [4.69, 9.17) is 0 Å². The number of aromatic nitrogens is 4. The van der Waals surface area contributed by atoms with Gasteiger partial charge in [-0.05, 0) is 43.2 Å². The Bertz CT molecular complexity index is 1740. The summed E-state index contributed by atoms with van der Waals surface area (Å²) in [5, 5.41) is 4.02. The molecule has 0 saturated carbocycles. The lowest BCUT2D eigenvalue weighted by atomic mass is 10.1. The Labute approximate surface area is 243 Å². The molecule has 4 aromatic heterocycles. The third-order valence-electron chi connectivity index (χ3n) is 7.62. The van der Waals surface area contributed by atoms with Gasteiger partial charge in [0, 0.05) is 51.7 Å². The first kappa shape index (κ1) is 29.1. The molecular weight excluding hydrogens is 532 g/mol. The summed E-state index contributed by atoms with van der Waals surface area (Å²) in [6.07, 6.45) is 6.49. The predicted molar refractivity (Wildman–Crippen MR) is 166 cm³/mol. The van der Waals surface area contributed by atoms with Crippen LogP contribution in [0.2, 0.25) is 0 Å². The van der Waals surface area contributed by atoms with Gasteiger partial charge >= 0.3 is 0 Å². The molecule has 0 radical (unpaired) electrons. The number of unbranched alkanes of at least 4 members (excludes halogenated alkanes) is 2. The molecule has 42 heavy (non-hydrogen) atoms. The summed E-state index contributed by atoms with van der Waals surface area (Å²) in [5.41, 5.74) is 0.360. The quantitative estimate of drug-likeness (QED) is 0.217. The predicted octanol–water partition coefficient (Wildman–Crippen LogP) is 3.42. The number of pyridine rings is 2. The number of anilines is 1. The summed E-state index contributed by atoms with van der Waals surface area (Å²) in [6, 6.07) is 13.0. The minimum atomic E-state index is -0.431. The zero-order chi connectivity index (χ0) is 29.6. The third kappa shape index (κ3) is 5.80. The second-order valence-electron chi connectivity index (χ2n) is 10.6. The van der Waals surface area contributed by atoms with Crippen LogP contribution in [0, 0.1) is 0 Å². The van der Waals surface area contributed by atoms with Gasteiger partial charge < -0.3 is 5.32 Å². The Balaban J connectivity index is 1.55. The largest absolute Gasteiger partial charge is 0.382 e. The number of fused-ring (bicyclic) bond motifs is 2. The van der Waals surface area contributed by atoms with E-state index >= 15 is 0 Å². The van der Waals surface area contributed by atoms with E-state index in [-0.39, 0.29) is 27.2 Å². The van der Waals surface area contributed by atoms with Gasteiger partial charge in [-0.1, -0.05) is 38.8 Å². The van der Waals surface area contributed by atoms with Crippen LogP contribution in [0.15, 0.2) is 74.0 Å². The van der Waals surface area contributed by atoms with Crippen LogP contribution in [0.4, 0.5) is 5.69 Å². The van der Waals surface area contributed by atoms with Crippen molar-refractivity contribution in [3.63, 3.8) is 0 Å². The summed E-state index contributed by atoms with van der Waals surface area (Å²) < 4.78 is 2.46. The Morgan fingerprint density at radius 3 is 1.64 bits per heavy atom. The normalized spacial score (nSPS) is 11.7. The zero-order valence-corrected chi connectivity index (χ0v) is 24.1. The fourth-order valence-corrected chi connectivity index (χ4v) is 5.42. The van der Waals surface area contributed by atoms with Crippen molar-refractivity contribution in [1.29, 1.82) is 0 Å². The molecule has 0 aliphatic rings. The summed E-state index contributed by atoms with van der Waals surface area (Å²) in [5.74, 6) is 0. The van der Waals surface area contributed by atoms with Crippen molar-refractivity contribution >= 4 is 27.2 Å². The average Bonchev–Trinajstić information content (AvgIpc) is 3.39. The first-order chi connectivity index (χ1) is 20.4. The van der Waals surface area contributed by atoms with Crippen molar-refractivity contribution in [3.05, 3.63) is 108 Å². The molecule has 0 aliphatic heterocycles. The Kier molecular flexibility index (Phi) is 9.02. The van der Waals surface area contributed by atoms with E-state index in [1.807, 2.05) is 50.2 Å². The molecule has 0 unspecified atom stereocenters. The molecule has 10 nitrogen and oxygen atoms in total. The number of hydrogen-bond acceptors (Lipinski definition) is 8. The highest BCUT2D eigenvalue weighted by atomic mass is 16.2. The molecule has 0 bridgehead atoms. The highest BCUT2D eigenvalue weighted by molar-refractivity contribution is 6.10. The van der Waals surface area contributed by atoms with Crippen LogP contribution in [0.3, 0.4) is 0 Å². The lowest BCUT2D eigenvalue weighted by Crippen LogP contribution is -2.29. The number of hydrogen-bond donors (Lipinski definition) is 1. The molecule has 5 rings (SSSR count). The SMILES string of the molecule is CCCCn1c(=O)c2cc3c(=O)n(CCCC)c(=O)c3c(NCCN(Cc3ccccn3)Cc3ccccn3)c2c1=O. The number of rotatable bonds is 14. The van der Waals surface area contributed by atoms with E-state index in [0.717, 1.165) is 24.2 Å². The van der Waals surface area contributed by atoms with Gasteiger partial charge in [-0.25, -0.2) is 0 Å². The van der Waals surface area contributed by atoms with E-state index in [0.29, 0.717) is 52.1 Å². The fraction of sp³-hybridized carbons (Fsp3) is 0.375. The smallest absolute Gasteiger partial charge is 0.263 e. The molecule has 0 amide bonds. The average molecular weight is 569 g/mol. The minimum absolute atomic E-state index is 0.175. The van der Waals surface area contributed by atoms with Crippen molar-refractivity contribution < 1.29 is 0 Å². The summed E-state index contributed by atoms with van der Waals surface area (Å²) in [4.78, 5) is 64.9. The van der Waals surface area contributed by atoms with Crippen molar-refractivity contribution in [1.82, 2.24) is 24.0 Å². The molecule has 0 atom stereocenters. The first-order valence-electron chi connectivity index (χ1n) is 14.6. The monoisotopic (exact) mass is 568 g/mol. The van der Waals surface area contributed by atoms with Crippen molar-refractivity contribution in [3.8, 4) is 0 Å². The molecule has 5 aromatic rings. The highest BCUT2D eigenvalue weighted by Crippen LogP contribution is 2.27. The van der Waals surface area contributed by atoms with Crippen LogP contribution in [0.1, 0.15) is 50.9 Å². The lowest BCUT2D eigenvalue weighted by molar-refractivity contribution is 0.261. The van der Waals surface area contributed by atoms with Crippen molar-refractivity contribution in [2.24, 2.45) is 0 Å².